The van der Waals surface area contributed by atoms with Crippen molar-refractivity contribution in [3.8, 4) is 22.6 Å². The van der Waals surface area contributed by atoms with Gasteiger partial charge in [-0.25, -0.2) is 4.79 Å². The van der Waals surface area contributed by atoms with Gasteiger partial charge in [0.25, 0.3) is 0 Å². The van der Waals surface area contributed by atoms with Crippen LogP contribution in [-0.2, 0) is 0 Å². The molecule has 0 spiro atoms. The number of H-pyrrole nitrogens is 1. The average Bonchev–Trinajstić information content (AvgIpc) is 2.97. The lowest BCUT2D eigenvalue weighted by atomic mass is 10.0. The highest BCUT2D eigenvalue weighted by Crippen LogP contribution is 2.34. The predicted molar refractivity (Wildman–Crippen MR) is 83.8 cm³/mol. The fourth-order valence-corrected chi connectivity index (χ4v) is 2.46. The van der Waals surface area contributed by atoms with E-state index in [-0.39, 0.29) is 5.56 Å². The first-order chi connectivity index (χ1) is 10.6. The molecule has 1 heterocycles. The molecule has 3 rings (SSSR count). The van der Waals surface area contributed by atoms with Crippen LogP contribution in [0.2, 0.25) is 0 Å². The van der Waals surface area contributed by atoms with Gasteiger partial charge in [0.2, 0.25) is 0 Å². The Bertz CT molecular complexity index is 829. The summed E-state index contributed by atoms with van der Waals surface area (Å²) in [4.78, 5) is 14.3. The van der Waals surface area contributed by atoms with E-state index in [2.05, 4.69) is 4.98 Å². The summed E-state index contributed by atoms with van der Waals surface area (Å²) in [5.74, 6) is 0.411. The molecule has 2 aromatic carbocycles. The number of carbonyl (C=O) groups is 1. The molecule has 0 unspecified atom stereocenters. The zero-order valence-electron chi connectivity index (χ0n) is 12.2. The Morgan fingerprint density at radius 2 is 1.73 bits per heavy atom. The van der Waals surface area contributed by atoms with Crippen LogP contribution >= 0.6 is 0 Å². The van der Waals surface area contributed by atoms with Crippen LogP contribution in [0.4, 0.5) is 0 Å². The van der Waals surface area contributed by atoms with Crippen LogP contribution in [0.1, 0.15) is 10.4 Å². The maximum Gasteiger partial charge on any atom is 0.335 e. The summed E-state index contributed by atoms with van der Waals surface area (Å²) in [6.07, 6.45) is 1.85. The summed E-state index contributed by atoms with van der Waals surface area (Å²) in [5.41, 5.74) is 2.92. The summed E-state index contributed by atoms with van der Waals surface area (Å²) < 4.78 is 10.6. The molecule has 112 valence electrons. The average molecular weight is 297 g/mol. The second-order valence-electron chi connectivity index (χ2n) is 4.87. The number of rotatable bonds is 4. The maximum absolute atomic E-state index is 11.2. The molecule has 0 fully saturated rings. The largest absolute Gasteiger partial charge is 0.497 e. The van der Waals surface area contributed by atoms with Crippen molar-refractivity contribution >= 4 is 16.9 Å². The van der Waals surface area contributed by atoms with E-state index in [4.69, 9.17) is 14.6 Å². The molecule has 0 aliphatic carbocycles. The minimum Gasteiger partial charge on any atom is -0.497 e. The molecule has 22 heavy (non-hydrogen) atoms. The first-order valence-corrected chi connectivity index (χ1v) is 6.70. The van der Waals surface area contributed by atoms with Gasteiger partial charge in [-0.2, -0.15) is 0 Å². The number of carboxylic acids is 1. The second-order valence-corrected chi connectivity index (χ2v) is 4.87. The van der Waals surface area contributed by atoms with E-state index in [1.54, 1.807) is 38.5 Å². The van der Waals surface area contributed by atoms with E-state index >= 15 is 0 Å². The van der Waals surface area contributed by atoms with Crippen molar-refractivity contribution in [1.29, 1.82) is 0 Å². The molecular formula is C17H15NO4. The Morgan fingerprint density at radius 1 is 1.05 bits per heavy atom. The molecule has 0 amide bonds. The Hall–Kier alpha value is -2.95. The lowest BCUT2D eigenvalue weighted by Gasteiger charge is -2.08. The predicted octanol–water partition coefficient (Wildman–Crippen LogP) is 3.55. The third kappa shape index (κ3) is 2.37. The number of carboxylic acid groups (broad SMARTS) is 1. The van der Waals surface area contributed by atoms with Crippen molar-refractivity contribution in [2.45, 2.75) is 0 Å². The van der Waals surface area contributed by atoms with E-state index in [1.807, 2.05) is 18.3 Å². The third-order valence-electron chi connectivity index (χ3n) is 3.59. The smallest absolute Gasteiger partial charge is 0.335 e. The number of hydrogen-bond acceptors (Lipinski definition) is 3. The van der Waals surface area contributed by atoms with Crippen LogP contribution < -0.4 is 9.47 Å². The zero-order chi connectivity index (χ0) is 15.7. The molecule has 0 bridgehead atoms. The first kappa shape index (κ1) is 14.0. The molecule has 1 aromatic heterocycles. The number of aromatic nitrogens is 1. The van der Waals surface area contributed by atoms with Gasteiger partial charge in [-0.1, -0.05) is 0 Å². The molecule has 3 aromatic rings. The minimum absolute atomic E-state index is 0.253. The fourth-order valence-electron chi connectivity index (χ4n) is 2.46. The normalized spacial score (nSPS) is 10.6. The molecular weight excluding hydrogens is 282 g/mol. The minimum atomic E-state index is -0.947. The van der Waals surface area contributed by atoms with Crippen molar-refractivity contribution in [2.75, 3.05) is 14.2 Å². The molecule has 5 heteroatoms. The summed E-state index contributed by atoms with van der Waals surface area (Å²) in [7, 11) is 3.19. The van der Waals surface area contributed by atoms with Crippen LogP contribution in [0.25, 0.3) is 22.0 Å². The Morgan fingerprint density at radius 3 is 2.32 bits per heavy atom. The van der Waals surface area contributed by atoms with Gasteiger partial charge >= 0.3 is 5.97 Å². The number of ether oxygens (including phenoxy) is 2. The standard InChI is InChI=1S/C17H15NO4/c1-21-12-5-11(6-13(8-12)22-2)15-9-18-16-4-3-10(17(19)20)7-14(15)16/h3-9,18H,1-2H3,(H,19,20). The van der Waals surface area contributed by atoms with Crippen LogP contribution in [-0.4, -0.2) is 30.3 Å². The van der Waals surface area contributed by atoms with Crippen molar-refractivity contribution < 1.29 is 19.4 Å². The van der Waals surface area contributed by atoms with E-state index in [1.165, 1.54) is 0 Å². The molecule has 2 N–H and O–H groups in total. The summed E-state index contributed by atoms with van der Waals surface area (Å²) in [6.45, 7) is 0. The van der Waals surface area contributed by atoms with Gasteiger partial charge in [0, 0.05) is 28.7 Å². The third-order valence-corrected chi connectivity index (χ3v) is 3.59. The zero-order valence-corrected chi connectivity index (χ0v) is 12.2. The number of aromatic amines is 1. The van der Waals surface area contributed by atoms with E-state index in [0.717, 1.165) is 22.0 Å². The number of aromatic carboxylic acids is 1. The van der Waals surface area contributed by atoms with Crippen LogP contribution in [0, 0.1) is 0 Å². The van der Waals surface area contributed by atoms with Crippen LogP contribution in [0.5, 0.6) is 11.5 Å². The highest BCUT2D eigenvalue weighted by atomic mass is 16.5. The summed E-state index contributed by atoms with van der Waals surface area (Å²) in [6, 6.07) is 10.6. The van der Waals surface area contributed by atoms with E-state index < -0.39 is 5.97 Å². The Balaban J connectivity index is 2.21. The maximum atomic E-state index is 11.2. The van der Waals surface area contributed by atoms with Gasteiger partial charge in [0.15, 0.2) is 0 Å². The van der Waals surface area contributed by atoms with Crippen LogP contribution in [0.3, 0.4) is 0 Å². The van der Waals surface area contributed by atoms with Gasteiger partial charge in [0.05, 0.1) is 19.8 Å². The van der Waals surface area contributed by atoms with Crippen molar-refractivity contribution in [2.24, 2.45) is 0 Å². The lowest BCUT2D eigenvalue weighted by Crippen LogP contribution is -1.95. The highest BCUT2D eigenvalue weighted by Gasteiger charge is 2.12. The van der Waals surface area contributed by atoms with E-state index in [9.17, 15) is 4.79 Å². The van der Waals surface area contributed by atoms with Gasteiger partial charge in [-0.15, -0.1) is 0 Å². The second kappa shape index (κ2) is 5.44. The summed E-state index contributed by atoms with van der Waals surface area (Å²) >= 11 is 0. The number of nitrogens with one attached hydrogen (secondary N) is 1. The van der Waals surface area contributed by atoms with Gasteiger partial charge < -0.3 is 19.6 Å². The molecule has 0 atom stereocenters. The Labute approximate surface area is 127 Å². The Kier molecular flexibility index (Phi) is 3.47. The topological polar surface area (TPSA) is 71.5 Å². The monoisotopic (exact) mass is 297 g/mol. The lowest BCUT2D eigenvalue weighted by molar-refractivity contribution is 0.0697. The first-order valence-electron chi connectivity index (χ1n) is 6.70. The molecule has 0 saturated carbocycles. The van der Waals surface area contributed by atoms with Gasteiger partial charge in [0.1, 0.15) is 11.5 Å². The van der Waals surface area contributed by atoms with Crippen LogP contribution in [0.15, 0.2) is 42.6 Å². The van der Waals surface area contributed by atoms with Crippen molar-refractivity contribution in [1.82, 2.24) is 4.98 Å². The number of benzene rings is 2. The molecule has 0 saturated heterocycles. The number of methoxy groups -OCH3 is 2. The summed E-state index contributed by atoms with van der Waals surface area (Å²) in [5, 5.41) is 10.0. The highest BCUT2D eigenvalue weighted by molar-refractivity contribution is 6.00. The molecule has 0 radical (unpaired) electrons. The fraction of sp³-hybridized carbons (Fsp3) is 0.118. The van der Waals surface area contributed by atoms with Gasteiger partial charge in [-0.3, -0.25) is 0 Å². The number of fused-ring (bicyclic) bond motifs is 1. The van der Waals surface area contributed by atoms with Crippen molar-refractivity contribution in [3.05, 3.63) is 48.2 Å². The SMILES string of the molecule is COc1cc(OC)cc(-c2c[nH]c3ccc(C(=O)O)cc23)c1. The van der Waals surface area contributed by atoms with E-state index in [0.29, 0.717) is 11.5 Å². The van der Waals surface area contributed by atoms with Crippen molar-refractivity contribution in [3.63, 3.8) is 0 Å². The van der Waals surface area contributed by atoms with Gasteiger partial charge in [-0.05, 0) is 35.9 Å². The number of hydrogen-bond donors (Lipinski definition) is 2. The molecule has 0 aliphatic heterocycles. The molecule has 5 nitrogen and oxygen atoms in total. The molecule has 0 aliphatic rings. The quantitative estimate of drug-likeness (QED) is 0.772.